The third kappa shape index (κ3) is 5.64. The molecule has 0 saturated heterocycles. The average Bonchev–Trinajstić information content (AvgIpc) is 2.65. The van der Waals surface area contributed by atoms with E-state index in [-0.39, 0.29) is 18.6 Å². The van der Waals surface area contributed by atoms with Crippen LogP contribution in [0, 0.1) is 11.3 Å². The van der Waals surface area contributed by atoms with Gasteiger partial charge in [-0.15, -0.1) is 0 Å². The molecule has 2 rings (SSSR count). The van der Waals surface area contributed by atoms with Gasteiger partial charge in [0.2, 0.25) is 5.91 Å². The lowest BCUT2D eigenvalue weighted by Gasteiger charge is -2.13. The van der Waals surface area contributed by atoms with Crippen LogP contribution < -0.4 is 14.8 Å². The van der Waals surface area contributed by atoms with Gasteiger partial charge in [-0.05, 0) is 48.4 Å². The molecule has 0 aliphatic rings. The fraction of sp³-hybridized carbons (Fsp3) is 0.200. The van der Waals surface area contributed by atoms with Crippen LogP contribution in [-0.2, 0) is 4.79 Å². The molecule has 6 heteroatoms. The SMILES string of the molecule is COc1cc(/C=C/C(=O)N[C@H](C)c2ccc(Br)cc2)ccc1OCC#N. The predicted molar refractivity (Wildman–Crippen MR) is 104 cm³/mol. The summed E-state index contributed by atoms with van der Waals surface area (Å²) in [5.74, 6) is 0.801. The first-order chi connectivity index (χ1) is 12.5. The summed E-state index contributed by atoms with van der Waals surface area (Å²) in [6.07, 6.45) is 3.17. The lowest BCUT2D eigenvalue weighted by molar-refractivity contribution is -0.117. The molecule has 0 heterocycles. The van der Waals surface area contributed by atoms with Gasteiger partial charge >= 0.3 is 0 Å². The standard InChI is InChI=1S/C20H19BrN2O3/c1-14(16-5-7-17(21)8-6-16)23-20(24)10-4-15-3-9-18(26-12-11-22)19(13-15)25-2/h3-10,13-14H,12H2,1-2H3,(H,23,24)/b10-4+/t14-/m1/s1. The summed E-state index contributed by atoms with van der Waals surface area (Å²) in [4.78, 5) is 12.1. The van der Waals surface area contributed by atoms with Gasteiger partial charge in [0, 0.05) is 10.5 Å². The normalized spacial score (nSPS) is 11.6. The molecule has 1 atom stereocenters. The number of benzene rings is 2. The number of hydrogen-bond donors (Lipinski definition) is 1. The summed E-state index contributed by atoms with van der Waals surface area (Å²) < 4.78 is 11.5. The number of nitrogens with one attached hydrogen (secondary N) is 1. The maximum Gasteiger partial charge on any atom is 0.244 e. The number of ether oxygens (including phenoxy) is 2. The largest absolute Gasteiger partial charge is 0.493 e. The van der Waals surface area contributed by atoms with Crippen molar-refractivity contribution >= 4 is 27.9 Å². The van der Waals surface area contributed by atoms with E-state index >= 15 is 0 Å². The van der Waals surface area contributed by atoms with Gasteiger partial charge in [-0.25, -0.2) is 0 Å². The third-order valence-electron chi connectivity index (χ3n) is 3.64. The van der Waals surface area contributed by atoms with Crippen LogP contribution in [0.3, 0.4) is 0 Å². The first-order valence-corrected chi connectivity index (χ1v) is 8.74. The molecule has 0 spiro atoms. The highest BCUT2D eigenvalue weighted by Gasteiger charge is 2.08. The van der Waals surface area contributed by atoms with Gasteiger partial charge in [0.15, 0.2) is 18.1 Å². The number of nitriles is 1. The molecule has 0 aliphatic carbocycles. The molecule has 5 nitrogen and oxygen atoms in total. The summed E-state index contributed by atoms with van der Waals surface area (Å²) >= 11 is 3.39. The van der Waals surface area contributed by atoms with Gasteiger partial charge in [0.05, 0.1) is 13.2 Å². The molecule has 0 fully saturated rings. The Balaban J connectivity index is 2.00. The number of halogens is 1. The number of methoxy groups -OCH3 is 1. The van der Waals surface area contributed by atoms with Crippen molar-refractivity contribution in [2.24, 2.45) is 0 Å². The van der Waals surface area contributed by atoms with Gasteiger partial charge < -0.3 is 14.8 Å². The number of hydrogen-bond acceptors (Lipinski definition) is 4. The maximum absolute atomic E-state index is 12.1. The average molecular weight is 415 g/mol. The summed E-state index contributed by atoms with van der Waals surface area (Å²) in [6.45, 7) is 1.88. The Morgan fingerprint density at radius 3 is 2.65 bits per heavy atom. The molecule has 0 bridgehead atoms. The minimum absolute atomic E-state index is 0.0537. The molecule has 26 heavy (non-hydrogen) atoms. The molecule has 0 aromatic heterocycles. The van der Waals surface area contributed by atoms with Crippen molar-refractivity contribution in [1.29, 1.82) is 5.26 Å². The van der Waals surface area contributed by atoms with Crippen molar-refractivity contribution in [3.8, 4) is 17.6 Å². The fourth-order valence-corrected chi connectivity index (χ4v) is 2.55. The summed E-state index contributed by atoms with van der Waals surface area (Å²) in [6, 6.07) is 14.9. The Labute approximate surface area is 161 Å². The molecule has 0 unspecified atom stereocenters. The predicted octanol–water partition coefficient (Wildman–Crippen LogP) is 4.25. The number of rotatable bonds is 7. The summed E-state index contributed by atoms with van der Waals surface area (Å²) in [7, 11) is 1.52. The molecule has 134 valence electrons. The van der Waals surface area contributed by atoms with Crippen LogP contribution in [0.15, 0.2) is 53.0 Å². The molecule has 0 radical (unpaired) electrons. The molecule has 1 amide bonds. The van der Waals surface area contributed by atoms with Crippen LogP contribution >= 0.6 is 15.9 Å². The van der Waals surface area contributed by atoms with Crippen LogP contribution in [0.5, 0.6) is 11.5 Å². The highest BCUT2D eigenvalue weighted by atomic mass is 79.9. The minimum Gasteiger partial charge on any atom is -0.493 e. The van der Waals surface area contributed by atoms with Crippen LogP contribution in [0.25, 0.3) is 6.08 Å². The zero-order chi connectivity index (χ0) is 18.9. The zero-order valence-electron chi connectivity index (χ0n) is 14.5. The van der Waals surface area contributed by atoms with E-state index in [0.29, 0.717) is 11.5 Å². The van der Waals surface area contributed by atoms with Crippen molar-refractivity contribution < 1.29 is 14.3 Å². The highest BCUT2D eigenvalue weighted by molar-refractivity contribution is 9.10. The van der Waals surface area contributed by atoms with Gasteiger partial charge in [0.25, 0.3) is 0 Å². The van der Waals surface area contributed by atoms with Gasteiger partial charge in [0.1, 0.15) is 6.07 Å². The number of carbonyl (C=O) groups is 1. The molecular formula is C20H19BrN2O3. The summed E-state index contributed by atoms with van der Waals surface area (Å²) in [5, 5.41) is 11.5. The van der Waals surface area contributed by atoms with Gasteiger partial charge in [-0.3, -0.25) is 4.79 Å². The first-order valence-electron chi connectivity index (χ1n) is 7.95. The van der Waals surface area contributed by atoms with Crippen molar-refractivity contribution in [3.05, 3.63) is 64.1 Å². The molecule has 2 aromatic rings. The second kappa shape index (κ2) is 9.64. The molecule has 1 N–H and O–H groups in total. The van der Waals surface area contributed by atoms with E-state index in [0.717, 1.165) is 15.6 Å². The Bertz CT molecular complexity index is 826. The van der Waals surface area contributed by atoms with E-state index in [2.05, 4.69) is 21.2 Å². The Kier molecular flexibility index (Phi) is 7.24. The quantitative estimate of drug-likeness (QED) is 0.687. The Hall–Kier alpha value is -2.78. The van der Waals surface area contributed by atoms with E-state index in [1.54, 1.807) is 24.3 Å². The minimum atomic E-state index is -0.191. The highest BCUT2D eigenvalue weighted by Crippen LogP contribution is 2.28. The van der Waals surface area contributed by atoms with Crippen LogP contribution in [0.4, 0.5) is 0 Å². The van der Waals surface area contributed by atoms with Crippen molar-refractivity contribution in [3.63, 3.8) is 0 Å². The maximum atomic E-state index is 12.1. The first kappa shape index (κ1) is 19.5. The third-order valence-corrected chi connectivity index (χ3v) is 4.16. The molecular weight excluding hydrogens is 396 g/mol. The van der Waals surface area contributed by atoms with E-state index in [9.17, 15) is 4.79 Å². The van der Waals surface area contributed by atoms with Crippen molar-refractivity contribution in [2.75, 3.05) is 13.7 Å². The Morgan fingerprint density at radius 2 is 2.00 bits per heavy atom. The van der Waals surface area contributed by atoms with Crippen LogP contribution in [0.1, 0.15) is 24.1 Å². The topological polar surface area (TPSA) is 71.3 Å². The second-order valence-corrected chi connectivity index (χ2v) is 6.39. The lowest BCUT2D eigenvalue weighted by atomic mass is 10.1. The molecule has 2 aromatic carbocycles. The monoisotopic (exact) mass is 414 g/mol. The number of carbonyl (C=O) groups excluding carboxylic acids is 1. The van der Waals surface area contributed by atoms with Crippen LogP contribution in [0.2, 0.25) is 0 Å². The summed E-state index contributed by atoms with van der Waals surface area (Å²) in [5.41, 5.74) is 1.81. The van der Waals surface area contributed by atoms with Crippen LogP contribution in [-0.4, -0.2) is 19.6 Å². The lowest BCUT2D eigenvalue weighted by Crippen LogP contribution is -2.24. The smallest absolute Gasteiger partial charge is 0.244 e. The molecule has 0 aliphatic heterocycles. The van der Waals surface area contributed by atoms with E-state index in [1.807, 2.05) is 37.3 Å². The van der Waals surface area contributed by atoms with Gasteiger partial charge in [-0.1, -0.05) is 34.1 Å². The van der Waals surface area contributed by atoms with E-state index in [4.69, 9.17) is 14.7 Å². The number of nitrogens with zero attached hydrogens (tertiary/aromatic N) is 1. The Morgan fingerprint density at radius 1 is 1.27 bits per heavy atom. The van der Waals surface area contributed by atoms with Gasteiger partial charge in [-0.2, -0.15) is 5.26 Å². The van der Waals surface area contributed by atoms with Crippen molar-refractivity contribution in [2.45, 2.75) is 13.0 Å². The molecule has 0 saturated carbocycles. The number of amides is 1. The van der Waals surface area contributed by atoms with Crippen molar-refractivity contribution in [1.82, 2.24) is 5.32 Å². The van der Waals surface area contributed by atoms with E-state index in [1.165, 1.54) is 13.2 Å². The zero-order valence-corrected chi connectivity index (χ0v) is 16.1. The second-order valence-electron chi connectivity index (χ2n) is 5.47. The van der Waals surface area contributed by atoms with E-state index < -0.39 is 0 Å². The fourth-order valence-electron chi connectivity index (χ4n) is 2.29.